The molecule has 1 aromatic heterocycles. The van der Waals surface area contributed by atoms with E-state index in [0.717, 1.165) is 11.2 Å². The number of hydrogen-bond acceptors (Lipinski definition) is 3. The fraction of sp³-hybridized carbons (Fsp3) is 0. The highest BCUT2D eigenvalue weighted by molar-refractivity contribution is 5.96. The van der Waals surface area contributed by atoms with Crippen LogP contribution in [0.25, 0.3) is 16.7 Å². The number of nitrogens with one attached hydrogen (secondary N) is 1. The number of anilines is 1. The van der Waals surface area contributed by atoms with Crippen molar-refractivity contribution in [3.8, 4) is 5.69 Å². The van der Waals surface area contributed by atoms with E-state index >= 15 is 0 Å². The third-order valence-electron chi connectivity index (χ3n) is 2.72. The normalized spacial score (nSPS) is 10.5. The van der Waals surface area contributed by atoms with Gasteiger partial charge in [0.1, 0.15) is 5.52 Å². The van der Waals surface area contributed by atoms with Crippen LogP contribution in [-0.2, 0) is 0 Å². The molecule has 0 bridgehead atoms. The molecule has 3 aromatic rings. The summed E-state index contributed by atoms with van der Waals surface area (Å²) in [5.41, 5.74) is 2.57. The third kappa shape index (κ3) is 1.99. The Labute approximate surface area is 108 Å². The lowest BCUT2D eigenvalue weighted by Crippen LogP contribution is -2.07. The van der Waals surface area contributed by atoms with Gasteiger partial charge in [0.2, 0.25) is 0 Å². The van der Waals surface area contributed by atoms with Crippen LogP contribution in [0, 0.1) is 0 Å². The van der Waals surface area contributed by atoms with Gasteiger partial charge < -0.3 is 5.11 Å². The molecule has 19 heavy (non-hydrogen) atoms. The molecule has 6 nitrogen and oxygen atoms in total. The number of fused-ring (bicyclic) bond motifs is 1. The molecule has 6 heteroatoms. The Balaban J connectivity index is 2.17. The predicted octanol–water partition coefficient (Wildman–Crippen LogP) is 2.51. The molecule has 0 aliphatic heterocycles. The first kappa shape index (κ1) is 11.2. The number of para-hydroxylation sites is 1. The zero-order valence-electron chi connectivity index (χ0n) is 9.82. The molecule has 94 valence electrons. The molecule has 2 N–H and O–H groups in total. The van der Waals surface area contributed by atoms with Gasteiger partial charge in [-0.3, -0.25) is 5.32 Å². The maximum Gasteiger partial charge on any atom is 0.409 e. The summed E-state index contributed by atoms with van der Waals surface area (Å²) in [6.07, 6.45) is -1.12. The van der Waals surface area contributed by atoms with Gasteiger partial charge in [0.05, 0.1) is 16.9 Å². The average Bonchev–Trinajstić information content (AvgIpc) is 2.84. The van der Waals surface area contributed by atoms with Gasteiger partial charge >= 0.3 is 6.09 Å². The molecule has 0 saturated carbocycles. The van der Waals surface area contributed by atoms with Crippen molar-refractivity contribution in [3.63, 3.8) is 0 Å². The van der Waals surface area contributed by atoms with Crippen LogP contribution in [0.1, 0.15) is 0 Å². The van der Waals surface area contributed by atoms with Crippen LogP contribution in [0.5, 0.6) is 0 Å². The summed E-state index contributed by atoms with van der Waals surface area (Å²) in [5, 5.41) is 19.2. The molecule has 0 saturated heterocycles. The lowest BCUT2D eigenvalue weighted by molar-refractivity contribution is 0.210. The SMILES string of the molecule is O=C(O)Nc1cccc2c1nnn2-c1ccccc1. The summed E-state index contributed by atoms with van der Waals surface area (Å²) in [6.45, 7) is 0. The van der Waals surface area contributed by atoms with E-state index in [2.05, 4.69) is 15.6 Å². The van der Waals surface area contributed by atoms with Crippen LogP contribution in [0.3, 0.4) is 0 Å². The molecule has 1 amide bonds. The molecule has 0 unspecified atom stereocenters. The van der Waals surface area contributed by atoms with Crippen LogP contribution in [-0.4, -0.2) is 26.2 Å². The lowest BCUT2D eigenvalue weighted by Gasteiger charge is -2.03. The van der Waals surface area contributed by atoms with Gasteiger partial charge in [-0.05, 0) is 24.3 Å². The van der Waals surface area contributed by atoms with Crippen LogP contribution in [0.4, 0.5) is 10.5 Å². The number of aromatic nitrogens is 3. The fourth-order valence-corrected chi connectivity index (χ4v) is 1.92. The van der Waals surface area contributed by atoms with Crippen LogP contribution in [0.2, 0.25) is 0 Å². The third-order valence-corrected chi connectivity index (χ3v) is 2.72. The summed E-state index contributed by atoms with van der Waals surface area (Å²) >= 11 is 0. The molecule has 3 rings (SSSR count). The Morgan fingerprint density at radius 3 is 2.63 bits per heavy atom. The Morgan fingerprint density at radius 1 is 1.11 bits per heavy atom. The first-order valence-corrected chi connectivity index (χ1v) is 5.65. The van der Waals surface area contributed by atoms with E-state index in [1.165, 1.54) is 0 Å². The van der Waals surface area contributed by atoms with E-state index in [0.29, 0.717) is 11.2 Å². The summed E-state index contributed by atoms with van der Waals surface area (Å²) in [6, 6.07) is 14.8. The highest BCUT2D eigenvalue weighted by Gasteiger charge is 2.11. The topological polar surface area (TPSA) is 80.0 Å². The molecule has 0 fully saturated rings. The smallest absolute Gasteiger partial charge is 0.409 e. The largest absolute Gasteiger partial charge is 0.465 e. The standard InChI is InChI=1S/C13H10N4O2/c18-13(19)14-10-7-4-8-11-12(10)15-16-17(11)9-5-2-1-3-6-9/h1-8,14H,(H,18,19). The second kappa shape index (κ2) is 4.41. The molecule has 0 spiro atoms. The van der Waals surface area contributed by atoms with Crippen molar-refractivity contribution in [3.05, 3.63) is 48.5 Å². The van der Waals surface area contributed by atoms with E-state index in [1.807, 2.05) is 36.4 Å². The molecule has 1 heterocycles. The predicted molar refractivity (Wildman–Crippen MR) is 70.5 cm³/mol. The van der Waals surface area contributed by atoms with Gasteiger partial charge in [0.25, 0.3) is 0 Å². The summed E-state index contributed by atoms with van der Waals surface area (Å²) in [4.78, 5) is 10.7. The van der Waals surface area contributed by atoms with Crippen molar-refractivity contribution in [1.82, 2.24) is 15.0 Å². The van der Waals surface area contributed by atoms with Crippen molar-refractivity contribution in [2.45, 2.75) is 0 Å². The number of amides is 1. The number of rotatable bonds is 2. The van der Waals surface area contributed by atoms with E-state index in [4.69, 9.17) is 5.11 Å². The van der Waals surface area contributed by atoms with E-state index < -0.39 is 6.09 Å². The van der Waals surface area contributed by atoms with Gasteiger partial charge in [0.15, 0.2) is 0 Å². The lowest BCUT2D eigenvalue weighted by atomic mass is 10.2. The second-order valence-electron chi connectivity index (χ2n) is 3.94. The van der Waals surface area contributed by atoms with Crippen molar-refractivity contribution in [1.29, 1.82) is 0 Å². The van der Waals surface area contributed by atoms with E-state index in [1.54, 1.807) is 16.8 Å². The minimum atomic E-state index is -1.12. The van der Waals surface area contributed by atoms with Gasteiger partial charge in [-0.2, -0.15) is 0 Å². The van der Waals surface area contributed by atoms with Crippen LogP contribution >= 0.6 is 0 Å². The minimum absolute atomic E-state index is 0.423. The molecular weight excluding hydrogens is 244 g/mol. The molecule has 0 aliphatic carbocycles. The zero-order valence-corrected chi connectivity index (χ0v) is 9.82. The van der Waals surface area contributed by atoms with Crippen LogP contribution in [0.15, 0.2) is 48.5 Å². The first-order chi connectivity index (χ1) is 9.25. The Hall–Kier alpha value is -2.89. The molecular formula is C13H10N4O2. The molecule has 0 atom stereocenters. The Morgan fingerprint density at radius 2 is 1.89 bits per heavy atom. The maximum atomic E-state index is 10.7. The van der Waals surface area contributed by atoms with Crippen molar-refractivity contribution < 1.29 is 9.90 Å². The Kier molecular flexibility index (Phi) is 2.60. The van der Waals surface area contributed by atoms with Crippen molar-refractivity contribution >= 4 is 22.8 Å². The number of benzene rings is 2. The molecule has 2 aromatic carbocycles. The van der Waals surface area contributed by atoms with Crippen LogP contribution < -0.4 is 5.32 Å². The summed E-state index contributed by atoms with van der Waals surface area (Å²) in [7, 11) is 0. The second-order valence-corrected chi connectivity index (χ2v) is 3.94. The molecule has 0 aliphatic rings. The van der Waals surface area contributed by atoms with Gasteiger partial charge in [-0.1, -0.05) is 29.5 Å². The van der Waals surface area contributed by atoms with Crippen molar-refractivity contribution in [2.24, 2.45) is 0 Å². The highest BCUT2D eigenvalue weighted by atomic mass is 16.4. The quantitative estimate of drug-likeness (QED) is 0.736. The summed E-state index contributed by atoms with van der Waals surface area (Å²) < 4.78 is 1.67. The fourth-order valence-electron chi connectivity index (χ4n) is 1.92. The number of carbonyl (C=O) groups is 1. The van der Waals surface area contributed by atoms with Gasteiger partial charge in [-0.25, -0.2) is 9.48 Å². The average molecular weight is 254 g/mol. The monoisotopic (exact) mass is 254 g/mol. The summed E-state index contributed by atoms with van der Waals surface area (Å²) in [5.74, 6) is 0. The highest BCUT2D eigenvalue weighted by Crippen LogP contribution is 2.22. The number of nitrogens with zero attached hydrogens (tertiary/aromatic N) is 3. The van der Waals surface area contributed by atoms with Crippen molar-refractivity contribution in [2.75, 3.05) is 5.32 Å². The molecule has 0 radical (unpaired) electrons. The first-order valence-electron chi connectivity index (χ1n) is 5.65. The Bertz CT molecular complexity index is 737. The van der Waals surface area contributed by atoms with E-state index in [-0.39, 0.29) is 0 Å². The minimum Gasteiger partial charge on any atom is -0.465 e. The zero-order chi connectivity index (χ0) is 13.2. The maximum absolute atomic E-state index is 10.7. The number of hydrogen-bond donors (Lipinski definition) is 2. The van der Waals surface area contributed by atoms with E-state index in [9.17, 15) is 4.79 Å². The number of carboxylic acid groups (broad SMARTS) is 1. The van der Waals surface area contributed by atoms with Gasteiger partial charge in [0, 0.05) is 0 Å². The van der Waals surface area contributed by atoms with Gasteiger partial charge in [-0.15, -0.1) is 5.10 Å².